The molecule has 0 radical (unpaired) electrons. The maximum absolute atomic E-state index is 12.2. The average molecular weight is 382 g/mol. The number of urea groups is 1. The van der Waals surface area contributed by atoms with Crippen molar-refractivity contribution in [2.75, 3.05) is 37.0 Å². The molecule has 1 heterocycles. The van der Waals surface area contributed by atoms with Gasteiger partial charge in [0.05, 0.1) is 7.11 Å². The van der Waals surface area contributed by atoms with Gasteiger partial charge in [0, 0.05) is 37.6 Å². The zero-order valence-corrected chi connectivity index (χ0v) is 16.0. The maximum atomic E-state index is 12.2. The number of nitrogens with zero attached hydrogens (tertiary/aromatic N) is 1. The highest BCUT2D eigenvalue weighted by atomic mass is 16.5. The van der Waals surface area contributed by atoms with Crippen molar-refractivity contribution in [1.29, 1.82) is 0 Å². The van der Waals surface area contributed by atoms with Crippen molar-refractivity contribution in [1.82, 2.24) is 10.6 Å². The van der Waals surface area contributed by atoms with Gasteiger partial charge < -0.3 is 25.6 Å². The number of nitrogens with one attached hydrogen (secondary N) is 3. The van der Waals surface area contributed by atoms with Crippen LogP contribution in [0.3, 0.4) is 0 Å². The van der Waals surface area contributed by atoms with Crippen LogP contribution in [0.5, 0.6) is 0 Å². The lowest BCUT2D eigenvalue weighted by molar-refractivity contribution is 0.170. The van der Waals surface area contributed by atoms with E-state index in [1.54, 1.807) is 12.1 Å². The lowest BCUT2D eigenvalue weighted by Gasteiger charge is -2.18. The van der Waals surface area contributed by atoms with Gasteiger partial charge in [-0.15, -0.1) is 0 Å². The molecular formula is C21H26N4O3. The Balaban J connectivity index is 1.39. The fourth-order valence-electron chi connectivity index (χ4n) is 3.24. The molecule has 0 bridgehead atoms. The monoisotopic (exact) mass is 382 g/mol. The van der Waals surface area contributed by atoms with Crippen LogP contribution in [0.1, 0.15) is 12.0 Å². The summed E-state index contributed by atoms with van der Waals surface area (Å²) in [5.41, 5.74) is 2.86. The van der Waals surface area contributed by atoms with Crippen LogP contribution in [-0.2, 0) is 11.3 Å². The quantitative estimate of drug-likeness (QED) is 0.717. The Morgan fingerprint density at radius 2 is 1.82 bits per heavy atom. The number of anilines is 2. The molecule has 148 valence electrons. The molecule has 7 nitrogen and oxygen atoms in total. The predicted octanol–water partition coefficient (Wildman–Crippen LogP) is 3.19. The number of amides is 3. The van der Waals surface area contributed by atoms with Crippen molar-refractivity contribution in [3.63, 3.8) is 0 Å². The molecule has 1 fully saturated rings. The highest BCUT2D eigenvalue weighted by Gasteiger charge is 2.22. The van der Waals surface area contributed by atoms with E-state index in [9.17, 15) is 9.59 Å². The first-order chi connectivity index (χ1) is 13.6. The Labute approximate surface area is 165 Å². The zero-order valence-electron chi connectivity index (χ0n) is 16.0. The van der Waals surface area contributed by atoms with Crippen LogP contribution in [-0.4, -0.2) is 38.9 Å². The van der Waals surface area contributed by atoms with Crippen molar-refractivity contribution >= 4 is 23.5 Å². The molecule has 0 spiro atoms. The van der Waals surface area contributed by atoms with Gasteiger partial charge in [-0.2, -0.15) is 0 Å². The molecule has 1 atom stereocenters. The summed E-state index contributed by atoms with van der Waals surface area (Å²) < 4.78 is 4.53. The molecule has 1 aliphatic rings. The molecule has 2 aromatic rings. The van der Waals surface area contributed by atoms with Gasteiger partial charge >= 0.3 is 12.1 Å². The SMILES string of the molecule is COC(=O)NCc1ccc(NC(=O)NC[C@@H]2CCN(c3ccccc3)C2)cc1. The minimum Gasteiger partial charge on any atom is -0.453 e. The highest BCUT2D eigenvalue weighted by Crippen LogP contribution is 2.23. The number of rotatable bonds is 6. The summed E-state index contributed by atoms with van der Waals surface area (Å²) in [7, 11) is 1.33. The number of carbonyl (C=O) groups excluding carboxylic acids is 2. The number of carbonyl (C=O) groups is 2. The topological polar surface area (TPSA) is 82.7 Å². The Bertz CT molecular complexity index is 780. The van der Waals surface area contributed by atoms with E-state index < -0.39 is 6.09 Å². The van der Waals surface area contributed by atoms with Crippen LogP contribution in [0.25, 0.3) is 0 Å². The number of methoxy groups -OCH3 is 1. The third-order valence-corrected chi connectivity index (χ3v) is 4.79. The van der Waals surface area contributed by atoms with Crippen LogP contribution in [0.2, 0.25) is 0 Å². The van der Waals surface area contributed by atoms with Crippen molar-refractivity contribution in [2.24, 2.45) is 5.92 Å². The minimum absolute atomic E-state index is 0.210. The molecule has 2 aromatic carbocycles. The van der Waals surface area contributed by atoms with E-state index in [-0.39, 0.29) is 6.03 Å². The van der Waals surface area contributed by atoms with Gasteiger partial charge in [0.15, 0.2) is 0 Å². The first-order valence-electron chi connectivity index (χ1n) is 9.39. The molecule has 0 aromatic heterocycles. The van der Waals surface area contributed by atoms with E-state index in [1.807, 2.05) is 30.3 Å². The minimum atomic E-state index is -0.473. The second-order valence-corrected chi connectivity index (χ2v) is 6.81. The van der Waals surface area contributed by atoms with Gasteiger partial charge in [-0.3, -0.25) is 0 Å². The van der Waals surface area contributed by atoms with Crippen LogP contribution in [0.4, 0.5) is 21.0 Å². The fraction of sp³-hybridized carbons (Fsp3) is 0.333. The summed E-state index contributed by atoms with van der Waals surface area (Å²) in [6, 6.07) is 17.4. The summed E-state index contributed by atoms with van der Waals surface area (Å²) in [4.78, 5) is 25.6. The van der Waals surface area contributed by atoms with Gasteiger partial charge in [-0.05, 0) is 42.2 Å². The Morgan fingerprint density at radius 3 is 2.54 bits per heavy atom. The lowest BCUT2D eigenvalue weighted by atomic mass is 10.1. The molecule has 1 aliphatic heterocycles. The number of ether oxygens (including phenoxy) is 1. The van der Waals surface area contributed by atoms with Crippen LogP contribution in [0.15, 0.2) is 54.6 Å². The van der Waals surface area contributed by atoms with Crippen LogP contribution in [0, 0.1) is 5.92 Å². The molecule has 0 unspecified atom stereocenters. The van der Waals surface area contributed by atoms with Crippen molar-refractivity contribution < 1.29 is 14.3 Å². The smallest absolute Gasteiger partial charge is 0.407 e. The Morgan fingerprint density at radius 1 is 1.07 bits per heavy atom. The Hall–Kier alpha value is -3.22. The second-order valence-electron chi connectivity index (χ2n) is 6.81. The normalized spacial score (nSPS) is 15.8. The summed E-state index contributed by atoms with van der Waals surface area (Å²) in [6.45, 7) is 2.99. The largest absolute Gasteiger partial charge is 0.453 e. The predicted molar refractivity (Wildman–Crippen MR) is 109 cm³/mol. The number of hydrogen-bond acceptors (Lipinski definition) is 4. The van der Waals surface area contributed by atoms with Gasteiger partial charge in [0.2, 0.25) is 0 Å². The number of benzene rings is 2. The third-order valence-electron chi connectivity index (χ3n) is 4.79. The van der Waals surface area contributed by atoms with Gasteiger partial charge in [-0.25, -0.2) is 9.59 Å². The second kappa shape index (κ2) is 9.64. The van der Waals surface area contributed by atoms with Gasteiger partial charge in [-0.1, -0.05) is 30.3 Å². The molecule has 28 heavy (non-hydrogen) atoms. The molecule has 3 amide bonds. The van der Waals surface area contributed by atoms with E-state index >= 15 is 0 Å². The van der Waals surface area contributed by atoms with E-state index in [2.05, 4.69) is 37.7 Å². The molecule has 7 heteroatoms. The average Bonchev–Trinajstić information content (AvgIpc) is 3.21. The first kappa shape index (κ1) is 19.5. The van der Waals surface area contributed by atoms with Crippen molar-refractivity contribution in [3.05, 3.63) is 60.2 Å². The number of alkyl carbamates (subject to hydrolysis) is 1. The van der Waals surface area contributed by atoms with E-state index in [4.69, 9.17) is 0 Å². The molecular weight excluding hydrogens is 356 g/mol. The van der Waals surface area contributed by atoms with E-state index in [0.29, 0.717) is 24.7 Å². The molecule has 3 N–H and O–H groups in total. The van der Waals surface area contributed by atoms with Crippen molar-refractivity contribution in [2.45, 2.75) is 13.0 Å². The number of para-hydroxylation sites is 1. The van der Waals surface area contributed by atoms with Crippen LogP contribution < -0.4 is 20.9 Å². The highest BCUT2D eigenvalue weighted by molar-refractivity contribution is 5.89. The molecule has 0 aliphatic carbocycles. The summed E-state index contributed by atoms with van der Waals surface area (Å²) in [5, 5.41) is 8.40. The zero-order chi connectivity index (χ0) is 19.8. The maximum Gasteiger partial charge on any atom is 0.407 e. The van der Waals surface area contributed by atoms with Crippen molar-refractivity contribution in [3.8, 4) is 0 Å². The molecule has 0 saturated carbocycles. The summed E-state index contributed by atoms with van der Waals surface area (Å²) in [5.74, 6) is 0.442. The molecule has 3 rings (SSSR count). The van der Waals surface area contributed by atoms with E-state index in [0.717, 1.165) is 25.1 Å². The van der Waals surface area contributed by atoms with Crippen LogP contribution >= 0.6 is 0 Å². The van der Waals surface area contributed by atoms with Gasteiger partial charge in [0.25, 0.3) is 0 Å². The standard InChI is InChI=1S/C21H26N4O3/c1-28-21(27)23-13-16-7-9-18(10-8-16)24-20(26)22-14-17-11-12-25(15-17)19-5-3-2-4-6-19/h2-10,17H,11-15H2,1H3,(H,23,27)(H2,22,24,26)/t17-/m0/s1. The lowest BCUT2D eigenvalue weighted by Crippen LogP contribution is -2.34. The summed E-state index contributed by atoms with van der Waals surface area (Å²) in [6.07, 6.45) is 0.594. The number of hydrogen-bond donors (Lipinski definition) is 3. The summed E-state index contributed by atoms with van der Waals surface area (Å²) >= 11 is 0. The third kappa shape index (κ3) is 5.64. The van der Waals surface area contributed by atoms with E-state index in [1.165, 1.54) is 12.8 Å². The van der Waals surface area contributed by atoms with Gasteiger partial charge in [0.1, 0.15) is 0 Å². The fourth-order valence-corrected chi connectivity index (χ4v) is 3.24. The molecule has 1 saturated heterocycles. The Kier molecular flexibility index (Phi) is 6.73. The first-order valence-corrected chi connectivity index (χ1v) is 9.39.